The molecule has 1 aromatic carbocycles. The van der Waals surface area contributed by atoms with Crippen molar-refractivity contribution in [3.05, 3.63) is 30.1 Å². The first-order chi connectivity index (χ1) is 10.6. The Morgan fingerprint density at radius 2 is 1.87 bits per heavy atom. The first-order valence-corrected chi connectivity index (χ1v) is 8.99. The normalized spacial score (nSPS) is 20.1. The highest BCUT2D eigenvalue weighted by Gasteiger charge is 2.44. The summed E-state index contributed by atoms with van der Waals surface area (Å²) in [6.45, 7) is 1.26. The van der Waals surface area contributed by atoms with Gasteiger partial charge in [0.25, 0.3) is 0 Å². The van der Waals surface area contributed by atoms with Crippen molar-refractivity contribution < 1.29 is 22.7 Å². The SMILES string of the molecule is CN1CCC(S)([C@H](NS(=O)(=O)c2ccc(F)cc2)C(=O)O)CC1. The maximum atomic E-state index is 12.9. The maximum Gasteiger partial charge on any atom is 0.323 e. The number of nitrogens with zero attached hydrogens (tertiary/aromatic N) is 1. The summed E-state index contributed by atoms with van der Waals surface area (Å²) in [6.07, 6.45) is 0.880. The Balaban J connectivity index is 2.25. The van der Waals surface area contributed by atoms with Crippen LogP contribution in [-0.2, 0) is 14.8 Å². The lowest BCUT2D eigenvalue weighted by molar-refractivity contribution is -0.140. The van der Waals surface area contributed by atoms with Gasteiger partial charge in [-0.25, -0.2) is 12.8 Å². The monoisotopic (exact) mass is 362 g/mol. The largest absolute Gasteiger partial charge is 0.480 e. The Morgan fingerprint density at radius 3 is 2.35 bits per heavy atom. The van der Waals surface area contributed by atoms with Gasteiger partial charge in [-0.3, -0.25) is 4.79 Å². The van der Waals surface area contributed by atoms with Crippen molar-refractivity contribution in [1.29, 1.82) is 0 Å². The molecule has 0 saturated carbocycles. The van der Waals surface area contributed by atoms with E-state index in [1.807, 2.05) is 11.9 Å². The number of carboxylic acid groups (broad SMARTS) is 1. The molecule has 1 fully saturated rings. The molecule has 128 valence electrons. The molecule has 0 spiro atoms. The van der Waals surface area contributed by atoms with Crippen LogP contribution >= 0.6 is 12.6 Å². The highest BCUT2D eigenvalue weighted by atomic mass is 32.2. The summed E-state index contributed by atoms with van der Waals surface area (Å²) in [5, 5.41) is 9.46. The van der Waals surface area contributed by atoms with Crippen molar-refractivity contribution in [2.45, 2.75) is 28.5 Å². The first kappa shape index (κ1) is 18.2. The van der Waals surface area contributed by atoms with Crippen molar-refractivity contribution in [3.8, 4) is 0 Å². The van der Waals surface area contributed by atoms with Gasteiger partial charge in [-0.05, 0) is 57.2 Å². The molecule has 0 unspecified atom stereocenters. The van der Waals surface area contributed by atoms with Gasteiger partial charge in [0.1, 0.15) is 11.9 Å². The highest BCUT2D eigenvalue weighted by molar-refractivity contribution is 7.89. The number of hydrogen-bond donors (Lipinski definition) is 3. The quantitative estimate of drug-likeness (QED) is 0.679. The van der Waals surface area contributed by atoms with Gasteiger partial charge in [0, 0.05) is 4.75 Å². The van der Waals surface area contributed by atoms with E-state index in [9.17, 15) is 22.7 Å². The molecular weight excluding hydrogens is 343 g/mol. The number of halogens is 1. The summed E-state index contributed by atoms with van der Waals surface area (Å²) >= 11 is 4.47. The predicted molar refractivity (Wildman–Crippen MR) is 86.6 cm³/mol. The Hall–Kier alpha value is -1.16. The molecule has 2 rings (SSSR count). The van der Waals surface area contributed by atoms with E-state index in [1.54, 1.807) is 0 Å². The standard InChI is InChI=1S/C14H19FN2O4S2/c1-17-8-6-14(22,7-9-17)12(13(18)19)16-23(20,21)11-4-2-10(15)3-5-11/h2-5,12,16,22H,6-9H2,1H3,(H,18,19)/t12-/m1/s1. The van der Waals surface area contributed by atoms with E-state index in [0.29, 0.717) is 25.9 Å². The minimum Gasteiger partial charge on any atom is -0.480 e. The van der Waals surface area contributed by atoms with E-state index in [1.165, 1.54) is 0 Å². The molecule has 1 aliphatic heterocycles. The number of nitrogens with one attached hydrogen (secondary N) is 1. The summed E-state index contributed by atoms with van der Waals surface area (Å²) in [5.74, 6) is -1.85. The van der Waals surface area contributed by atoms with Crippen molar-refractivity contribution in [2.75, 3.05) is 20.1 Å². The molecule has 1 aromatic rings. The molecule has 0 aliphatic carbocycles. The Bertz CT molecular complexity index is 671. The third-order valence-electron chi connectivity index (χ3n) is 4.03. The van der Waals surface area contributed by atoms with Gasteiger partial charge in [0.15, 0.2) is 0 Å². The number of benzene rings is 1. The lowest BCUT2D eigenvalue weighted by Crippen LogP contribution is -2.57. The second-order valence-electron chi connectivity index (χ2n) is 5.75. The molecule has 0 bridgehead atoms. The van der Waals surface area contributed by atoms with Gasteiger partial charge >= 0.3 is 5.97 Å². The fourth-order valence-electron chi connectivity index (χ4n) is 2.52. The van der Waals surface area contributed by atoms with Crippen molar-refractivity contribution >= 4 is 28.6 Å². The third-order valence-corrected chi connectivity index (χ3v) is 6.18. The molecule has 9 heteroatoms. The molecule has 6 nitrogen and oxygen atoms in total. The molecule has 1 aliphatic rings. The van der Waals surface area contributed by atoms with Crippen LogP contribution in [0.15, 0.2) is 29.2 Å². The van der Waals surface area contributed by atoms with Gasteiger partial charge in [-0.15, -0.1) is 0 Å². The summed E-state index contributed by atoms with van der Waals surface area (Å²) in [5.41, 5.74) is 0. The van der Waals surface area contributed by atoms with Gasteiger partial charge in [-0.2, -0.15) is 17.4 Å². The molecule has 0 radical (unpaired) electrons. The lowest BCUT2D eigenvalue weighted by Gasteiger charge is -2.40. The minimum atomic E-state index is -4.08. The van der Waals surface area contributed by atoms with Crippen LogP contribution in [0.1, 0.15) is 12.8 Å². The first-order valence-electron chi connectivity index (χ1n) is 7.06. The zero-order valence-corrected chi connectivity index (χ0v) is 14.3. The van der Waals surface area contributed by atoms with E-state index in [0.717, 1.165) is 24.3 Å². The second-order valence-corrected chi connectivity index (χ2v) is 8.36. The molecule has 2 N–H and O–H groups in total. The van der Waals surface area contributed by atoms with E-state index >= 15 is 0 Å². The van der Waals surface area contributed by atoms with Crippen LogP contribution in [0.3, 0.4) is 0 Å². The van der Waals surface area contributed by atoms with Gasteiger partial charge in [0.2, 0.25) is 10.0 Å². The molecule has 23 heavy (non-hydrogen) atoms. The Kier molecular flexibility index (Phi) is 5.34. The van der Waals surface area contributed by atoms with Crippen LogP contribution < -0.4 is 4.72 Å². The number of carbonyl (C=O) groups is 1. The molecule has 0 aromatic heterocycles. The van der Waals surface area contributed by atoms with Crippen LogP contribution in [0.25, 0.3) is 0 Å². The molecule has 1 saturated heterocycles. The number of carboxylic acids is 1. The number of thiol groups is 1. The minimum absolute atomic E-state index is 0.185. The van der Waals surface area contributed by atoms with E-state index in [2.05, 4.69) is 17.4 Å². The van der Waals surface area contributed by atoms with Crippen LogP contribution in [0.2, 0.25) is 0 Å². The number of aliphatic carboxylic acids is 1. The summed E-state index contributed by atoms with van der Waals surface area (Å²) in [7, 11) is -2.17. The zero-order chi connectivity index (χ0) is 17.3. The summed E-state index contributed by atoms with van der Waals surface area (Å²) < 4.78 is 38.9. The number of likely N-dealkylation sites (tertiary alicyclic amines) is 1. The van der Waals surface area contributed by atoms with E-state index < -0.39 is 32.6 Å². The van der Waals surface area contributed by atoms with Crippen molar-refractivity contribution in [1.82, 2.24) is 9.62 Å². The zero-order valence-electron chi connectivity index (χ0n) is 12.6. The molecule has 0 amide bonds. The molecule has 1 heterocycles. The average molecular weight is 362 g/mol. The number of piperidine rings is 1. The fraction of sp³-hybridized carbons (Fsp3) is 0.500. The van der Waals surface area contributed by atoms with Crippen LogP contribution in [0.5, 0.6) is 0 Å². The van der Waals surface area contributed by atoms with Crippen LogP contribution in [0, 0.1) is 5.82 Å². The smallest absolute Gasteiger partial charge is 0.323 e. The summed E-state index contributed by atoms with van der Waals surface area (Å²) in [6, 6.07) is 2.84. The van der Waals surface area contributed by atoms with E-state index in [-0.39, 0.29) is 4.90 Å². The molecule has 1 atom stereocenters. The van der Waals surface area contributed by atoms with E-state index in [4.69, 9.17) is 0 Å². The third kappa shape index (κ3) is 4.23. The Labute approximate surface area is 140 Å². The summed E-state index contributed by atoms with van der Waals surface area (Å²) in [4.78, 5) is 13.4. The number of hydrogen-bond acceptors (Lipinski definition) is 5. The average Bonchev–Trinajstić information content (AvgIpc) is 2.48. The van der Waals surface area contributed by atoms with Gasteiger partial charge < -0.3 is 10.0 Å². The maximum absolute atomic E-state index is 12.9. The fourth-order valence-corrected chi connectivity index (χ4v) is 4.25. The lowest BCUT2D eigenvalue weighted by atomic mass is 9.89. The number of rotatable bonds is 5. The van der Waals surface area contributed by atoms with Gasteiger partial charge in [0.05, 0.1) is 4.90 Å². The van der Waals surface area contributed by atoms with Crippen molar-refractivity contribution in [2.24, 2.45) is 0 Å². The van der Waals surface area contributed by atoms with Crippen molar-refractivity contribution in [3.63, 3.8) is 0 Å². The predicted octanol–water partition coefficient (Wildman–Crippen LogP) is 0.951. The van der Waals surface area contributed by atoms with Crippen LogP contribution in [-0.4, -0.2) is 55.3 Å². The van der Waals surface area contributed by atoms with Gasteiger partial charge in [-0.1, -0.05) is 0 Å². The number of sulfonamides is 1. The topological polar surface area (TPSA) is 86.7 Å². The highest BCUT2D eigenvalue weighted by Crippen LogP contribution is 2.33. The second kappa shape index (κ2) is 6.76. The molecular formula is C14H19FN2O4S2. The van der Waals surface area contributed by atoms with Crippen LogP contribution in [0.4, 0.5) is 4.39 Å². The Morgan fingerprint density at radius 1 is 1.35 bits per heavy atom.